The number of phenolic OH excluding ortho intramolecular Hbond substituents is 2. The summed E-state index contributed by atoms with van der Waals surface area (Å²) in [5.41, 5.74) is 0.914. The third-order valence-electron chi connectivity index (χ3n) is 6.75. The maximum atomic E-state index is 13.6. The van der Waals surface area contributed by atoms with E-state index in [1.807, 2.05) is 0 Å². The zero-order chi connectivity index (χ0) is 24.5. The minimum atomic E-state index is -1.07. The number of hydrogen-bond acceptors (Lipinski definition) is 8. The summed E-state index contributed by atoms with van der Waals surface area (Å²) >= 11 is 0. The standard InChI is InChI=1S/C26H24O8/c1-10-6-14-18(33-3)8-15-21(20(14)16(27)7-10)25(31)13-5-4-12(24(30)22(13)26(15)32)19-9-17(28)23(29)11(2)34-19/h4-8,11,17,19,23,27-30H,9H2,1-3H3. The Labute approximate surface area is 195 Å². The molecule has 0 radical (unpaired) electrons. The lowest BCUT2D eigenvalue weighted by molar-refractivity contribution is -0.163. The average Bonchev–Trinajstić information content (AvgIpc) is 2.79. The Bertz CT molecular complexity index is 1360. The second-order valence-electron chi connectivity index (χ2n) is 8.92. The molecule has 5 rings (SSSR count). The van der Waals surface area contributed by atoms with Gasteiger partial charge in [-0.1, -0.05) is 6.07 Å². The number of carbonyl (C=O) groups is 2. The molecule has 2 aliphatic rings. The largest absolute Gasteiger partial charge is 0.507 e. The van der Waals surface area contributed by atoms with Gasteiger partial charge in [0.05, 0.1) is 31.0 Å². The minimum absolute atomic E-state index is 0.00892. The van der Waals surface area contributed by atoms with Crippen molar-refractivity contribution in [1.82, 2.24) is 0 Å². The summed E-state index contributed by atoms with van der Waals surface area (Å²) in [7, 11) is 1.43. The number of benzene rings is 3. The lowest BCUT2D eigenvalue weighted by Gasteiger charge is -2.36. The number of carbonyl (C=O) groups excluding carboxylic acids is 2. The number of ether oxygens (including phenoxy) is 2. The molecule has 3 aromatic carbocycles. The predicted octanol–water partition coefficient (Wildman–Crippen LogP) is 2.92. The van der Waals surface area contributed by atoms with Crippen molar-refractivity contribution in [2.45, 2.75) is 44.7 Å². The maximum Gasteiger partial charge on any atom is 0.198 e. The summed E-state index contributed by atoms with van der Waals surface area (Å²) in [6.07, 6.45) is -3.58. The van der Waals surface area contributed by atoms with E-state index in [2.05, 4.69) is 0 Å². The van der Waals surface area contributed by atoms with Gasteiger partial charge in [0.25, 0.3) is 0 Å². The van der Waals surface area contributed by atoms with Crippen LogP contribution >= 0.6 is 0 Å². The lowest BCUT2D eigenvalue weighted by Crippen LogP contribution is -2.44. The molecule has 1 fully saturated rings. The van der Waals surface area contributed by atoms with Crippen LogP contribution in [0, 0.1) is 6.92 Å². The molecule has 0 bridgehead atoms. The molecule has 1 aliphatic carbocycles. The highest BCUT2D eigenvalue weighted by molar-refractivity contribution is 6.34. The van der Waals surface area contributed by atoms with Crippen molar-refractivity contribution in [3.8, 4) is 17.2 Å². The van der Waals surface area contributed by atoms with Gasteiger partial charge in [0.15, 0.2) is 11.6 Å². The molecule has 4 unspecified atom stereocenters. The summed E-state index contributed by atoms with van der Waals surface area (Å²) in [5, 5.41) is 42.6. The number of fused-ring (bicyclic) bond motifs is 4. The number of methoxy groups -OCH3 is 1. The lowest BCUT2D eigenvalue weighted by atomic mass is 9.79. The highest BCUT2D eigenvalue weighted by Crippen LogP contribution is 2.45. The average molecular weight is 464 g/mol. The first-order chi connectivity index (χ1) is 16.1. The first kappa shape index (κ1) is 22.3. The molecular formula is C26H24O8. The van der Waals surface area contributed by atoms with E-state index in [4.69, 9.17) is 9.47 Å². The fourth-order valence-electron chi connectivity index (χ4n) is 5.05. The number of aliphatic hydroxyl groups is 2. The number of aromatic hydroxyl groups is 2. The highest BCUT2D eigenvalue weighted by Gasteiger charge is 2.40. The number of hydrogen-bond donors (Lipinski definition) is 4. The predicted molar refractivity (Wildman–Crippen MR) is 122 cm³/mol. The van der Waals surface area contributed by atoms with Crippen molar-refractivity contribution in [2.75, 3.05) is 7.11 Å². The van der Waals surface area contributed by atoms with Crippen LogP contribution in [0.1, 0.15) is 62.4 Å². The van der Waals surface area contributed by atoms with E-state index >= 15 is 0 Å². The van der Waals surface area contributed by atoms with Crippen molar-refractivity contribution >= 4 is 22.3 Å². The maximum absolute atomic E-state index is 13.6. The molecule has 3 aromatic rings. The number of rotatable bonds is 2. The monoisotopic (exact) mass is 464 g/mol. The van der Waals surface area contributed by atoms with Crippen LogP contribution in [0.15, 0.2) is 30.3 Å². The van der Waals surface area contributed by atoms with E-state index in [-0.39, 0.29) is 45.4 Å². The van der Waals surface area contributed by atoms with Crippen LogP contribution < -0.4 is 4.74 Å². The third kappa shape index (κ3) is 3.10. The van der Waals surface area contributed by atoms with Crippen molar-refractivity contribution in [2.24, 2.45) is 0 Å². The number of phenols is 2. The third-order valence-corrected chi connectivity index (χ3v) is 6.75. The van der Waals surface area contributed by atoms with Gasteiger partial charge in [0.2, 0.25) is 0 Å². The molecular weight excluding hydrogens is 440 g/mol. The summed E-state index contributed by atoms with van der Waals surface area (Å²) < 4.78 is 11.2. The van der Waals surface area contributed by atoms with E-state index in [1.54, 1.807) is 19.9 Å². The van der Waals surface area contributed by atoms with E-state index in [9.17, 15) is 30.0 Å². The van der Waals surface area contributed by atoms with Gasteiger partial charge in [0, 0.05) is 39.4 Å². The molecule has 1 saturated heterocycles. The first-order valence-electron chi connectivity index (χ1n) is 10.9. The molecule has 0 saturated carbocycles. The van der Waals surface area contributed by atoms with Crippen molar-refractivity contribution in [3.05, 3.63) is 63.7 Å². The summed E-state index contributed by atoms with van der Waals surface area (Å²) in [5.74, 6) is -1.34. The smallest absolute Gasteiger partial charge is 0.198 e. The Morgan fingerprint density at radius 2 is 1.71 bits per heavy atom. The van der Waals surface area contributed by atoms with Crippen LogP contribution in [0.25, 0.3) is 10.8 Å². The van der Waals surface area contributed by atoms with Crippen molar-refractivity contribution in [1.29, 1.82) is 0 Å². The van der Waals surface area contributed by atoms with Gasteiger partial charge in [0.1, 0.15) is 23.4 Å². The molecule has 1 aliphatic heterocycles. The molecule has 8 heteroatoms. The van der Waals surface area contributed by atoms with Crippen LogP contribution in [-0.4, -0.2) is 57.4 Å². The Morgan fingerprint density at radius 3 is 2.38 bits per heavy atom. The molecule has 0 spiro atoms. The van der Waals surface area contributed by atoms with E-state index in [1.165, 1.54) is 31.4 Å². The molecule has 4 atom stereocenters. The SMILES string of the molecule is COc1cc2c(c3c(O)cc(C)cc13)C(=O)c1ccc(C3CC(O)C(O)C(C)O3)c(O)c1C2=O. The highest BCUT2D eigenvalue weighted by atomic mass is 16.5. The van der Waals surface area contributed by atoms with Crippen LogP contribution in [0.3, 0.4) is 0 Å². The fourth-order valence-corrected chi connectivity index (χ4v) is 5.05. The normalized spacial score (nSPS) is 24.1. The van der Waals surface area contributed by atoms with Gasteiger partial charge < -0.3 is 29.9 Å². The van der Waals surface area contributed by atoms with Crippen LogP contribution in [0.5, 0.6) is 17.2 Å². The summed E-state index contributed by atoms with van der Waals surface area (Å²) in [6, 6.07) is 7.66. The second kappa shape index (κ2) is 7.80. The van der Waals surface area contributed by atoms with Gasteiger partial charge in [-0.2, -0.15) is 0 Å². The quantitative estimate of drug-likeness (QED) is 0.356. The molecule has 0 amide bonds. The van der Waals surface area contributed by atoms with Gasteiger partial charge in [-0.25, -0.2) is 0 Å². The number of aryl methyl sites for hydroxylation is 1. The molecule has 1 heterocycles. The van der Waals surface area contributed by atoms with Gasteiger partial charge in [-0.15, -0.1) is 0 Å². The Kier molecular flexibility index (Phi) is 5.12. The Hall–Kier alpha value is -3.46. The van der Waals surface area contributed by atoms with Crippen LogP contribution in [0.4, 0.5) is 0 Å². The Morgan fingerprint density at radius 1 is 1.00 bits per heavy atom. The molecule has 34 heavy (non-hydrogen) atoms. The molecule has 176 valence electrons. The number of aliphatic hydroxyl groups excluding tert-OH is 2. The Balaban J connectivity index is 1.70. The van der Waals surface area contributed by atoms with Crippen LogP contribution in [0.2, 0.25) is 0 Å². The second-order valence-corrected chi connectivity index (χ2v) is 8.92. The van der Waals surface area contributed by atoms with Crippen molar-refractivity contribution in [3.63, 3.8) is 0 Å². The summed E-state index contributed by atoms with van der Waals surface area (Å²) in [6.45, 7) is 3.40. The zero-order valence-electron chi connectivity index (χ0n) is 18.8. The molecule has 4 N–H and O–H groups in total. The van der Waals surface area contributed by atoms with Gasteiger partial charge in [-0.3, -0.25) is 9.59 Å². The van der Waals surface area contributed by atoms with Crippen molar-refractivity contribution < 1.29 is 39.5 Å². The minimum Gasteiger partial charge on any atom is -0.507 e. The van der Waals surface area contributed by atoms with E-state index < -0.39 is 41.7 Å². The van der Waals surface area contributed by atoms with Gasteiger partial charge >= 0.3 is 0 Å². The van der Waals surface area contributed by atoms with Crippen LogP contribution in [-0.2, 0) is 4.74 Å². The van der Waals surface area contributed by atoms with E-state index in [0.29, 0.717) is 11.1 Å². The molecule has 0 aromatic heterocycles. The number of ketones is 2. The fraction of sp³-hybridized carbons (Fsp3) is 0.308. The first-order valence-corrected chi connectivity index (χ1v) is 10.9. The van der Waals surface area contributed by atoms with E-state index in [0.717, 1.165) is 5.56 Å². The topological polar surface area (TPSA) is 134 Å². The van der Waals surface area contributed by atoms with Gasteiger partial charge in [-0.05, 0) is 43.7 Å². The summed E-state index contributed by atoms with van der Waals surface area (Å²) in [4.78, 5) is 27.2. The zero-order valence-corrected chi connectivity index (χ0v) is 18.8. The molecule has 8 nitrogen and oxygen atoms in total.